The minimum atomic E-state index is -0.827. The number of hydrogen-bond acceptors (Lipinski definition) is 6. The van der Waals surface area contributed by atoms with E-state index in [2.05, 4.69) is 11.8 Å². The van der Waals surface area contributed by atoms with Crippen molar-refractivity contribution in [3.63, 3.8) is 0 Å². The highest BCUT2D eigenvalue weighted by Crippen LogP contribution is 2.47. The summed E-state index contributed by atoms with van der Waals surface area (Å²) >= 11 is 7.56. The molecule has 0 radical (unpaired) electrons. The maximum absolute atomic E-state index is 15.7. The molecule has 1 aromatic heterocycles. The lowest BCUT2D eigenvalue weighted by Gasteiger charge is -2.42. The third kappa shape index (κ3) is 4.03. The number of halogens is 3. The molecule has 7 nitrogen and oxygen atoms in total. The molecule has 2 aliphatic rings. The van der Waals surface area contributed by atoms with Crippen LogP contribution in [-0.4, -0.2) is 53.9 Å². The largest absolute Gasteiger partial charge is 0.491 e. The second-order valence-corrected chi connectivity index (χ2v) is 10.0. The summed E-state index contributed by atoms with van der Waals surface area (Å²) in [5, 5.41) is 9.71. The van der Waals surface area contributed by atoms with Crippen molar-refractivity contribution >= 4 is 49.8 Å². The number of anilines is 1. The molecule has 5 rings (SSSR count). The lowest BCUT2D eigenvalue weighted by molar-refractivity contribution is -0.127. The number of benzene rings is 2. The number of piperazine rings is 1. The first-order valence-corrected chi connectivity index (χ1v) is 12.5. The standard InChI is InChI=1S/C26H19ClF2N4O3S/c1-2-3-19(34)32-7-8-33-13(12-32)6-9-36-23-15(26(33)35)10-18(29)21(22(23)27)14-4-5-17(28)24-20(14)16(11-30)25(31)37-24/h4-5,10,13H,6-9,12,31H2,1H3/t13-/m0/s1. The van der Waals surface area contributed by atoms with Gasteiger partial charge in [0.05, 0.1) is 33.5 Å². The zero-order chi connectivity index (χ0) is 26.4. The number of fused-ring (bicyclic) bond motifs is 3. The number of nitrogen functional groups attached to an aromatic ring is 1. The molecule has 3 aromatic rings. The lowest BCUT2D eigenvalue weighted by Crippen LogP contribution is -2.57. The van der Waals surface area contributed by atoms with E-state index in [4.69, 9.17) is 22.1 Å². The number of carbonyl (C=O) groups excluding carboxylic acids is 2. The molecule has 0 saturated carbocycles. The highest BCUT2D eigenvalue weighted by atomic mass is 35.5. The van der Waals surface area contributed by atoms with Crippen molar-refractivity contribution in [2.24, 2.45) is 0 Å². The summed E-state index contributed by atoms with van der Waals surface area (Å²) in [6.07, 6.45) is 0.415. The van der Waals surface area contributed by atoms with Gasteiger partial charge in [-0.2, -0.15) is 5.26 Å². The van der Waals surface area contributed by atoms with Gasteiger partial charge in [0.1, 0.15) is 22.7 Å². The monoisotopic (exact) mass is 540 g/mol. The molecule has 1 atom stereocenters. The molecule has 37 heavy (non-hydrogen) atoms. The van der Waals surface area contributed by atoms with Crippen LogP contribution in [0.25, 0.3) is 21.2 Å². The van der Waals surface area contributed by atoms with Crippen molar-refractivity contribution in [2.75, 3.05) is 32.0 Å². The fraction of sp³-hybridized carbons (Fsp3) is 0.269. The van der Waals surface area contributed by atoms with Crippen molar-refractivity contribution in [3.05, 3.63) is 46.0 Å². The molecule has 2 aliphatic heterocycles. The summed E-state index contributed by atoms with van der Waals surface area (Å²) in [6, 6.07) is 5.17. The Bertz CT molecular complexity index is 1590. The normalized spacial score (nSPS) is 17.1. The second kappa shape index (κ2) is 9.55. The predicted octanol–water partition coefficient (Wildman–Crippen LogP) is 4.41. The zero-order valence-corrected chi connectivity index (χ0v) is 21.1. The Morgan fingerprint density at radius 1 is 1.27 bits per heavy atom. The summed E-state index contributed by atoms with van der Waals surface area (Å²) < 4.78 is 36.2. The summed E-state index contributed by atoms with van der Waals surface area (Å²) in [7, 11) is 0. The molecule has 1 saturated heterocycles. The Kier molecular flexibility index (Phi) is 6.40. The number of nitrogens with zero attached hydrogens (tertiary/aromatic N) is 3. The average molecular weight is 541 g/mol. The van der Waals surface area contributed by atoms with Crippen molar-refractivity contribution < 1.29 is 23.1 Å². The highest BCUT2D eigenvalue weighted by molar-refractivity contribution is 7.23. The van der Waals surface area contributed by atoms with Crippen LogP contribution < -0.4 is 10.5 Å². The molecule has 0 unspecified atom stereocenters. The predicted molar refractivity (Wildman–Crippen MR) is 136 cm³/mol. The van der Waals surface area contributed by atoms with Crippen LogP contribution in [0.4, 0.5) is 13.8 Å². The molecule has 0 aliphatic carbocycles. The molecule has 2 N–H and O–H groups in total. The summed E-state index contributed by atoms with van der Waals surface area (Å²) in [5.41, 5.74) is 5.96. The number of amides is 2. The van der Waals surface area contributed by atoms with Gasteiger partial charge in [-0.25, -0.2) is 8.78 Å². The molecule has 2 amide bonds. The maximum Gasteiger partial charge on any atom is 0.298 e. The van der Waals surface area contributed by atoms with Crippen LogP contribution in [0.3, 0.4) is 0 Å². The van der Waals surface area contributed by atoms with E-state index >= 15 is 4.39 Å². The zero-order valence-electron chi connectivity index (χ0n) is 19.5. The van der Waals surface area contributed by atoms with Crippen molar-refractivity contribution in [3.8, 4) is 34.8 Å². The van der Waals surface area contributed by atoms with E-state index in [1.165, 1.54) is 6.07 Å². The molecular weight excluding hydrogens is 522 g/mol. The Morgan fingerprint density at radius 3 is 2.78 bits per heavy atom. The van der Waals surface area contributed by atoms with Gasteiger partial charge >= 0.3 is 0 Å². The van der Waals surface area contributed by atoms with Gasteiger partial charge in [0, 0.05) is 37.0 Å². The molecule has 3 heterocycles. The van der Waals surface area contributed by atoms with Crippen LogP contribution >= 0.6 is 22.9 Å². The third-order valence-corrected chi connectivity index (χ3v) is 7.95. The van der Waals surface area contributed by atoms with E-state index in [1.54, 1.807) is 16.7 Å². The number of hydrogen-bond donors (Lipinski definition) is 1. The number of thiophene rings is 1. The molecule has 0 bridgehead atoms. The van der Waals surface area contributed by atoms with Gasteiger partial charge in [-0.15, -0.1) is 11.3 Å². The lowest BCUT2D eigenvalue weighted by atomic mass is 9.95. The topological polar surface area (TPSA) is 99.7 Å². The molecule has 188 valence electrons. The summed E-state index contributed by atoms with van der Waals surface area (Å²) in [4.78, 5) is 28.9. The van der Waals surface area contributed by atoms with Crippen LogP contribution in [0.15, 0.2) is 18.2 Å². The molecule has 2 aromatic carbocycles. The minimum Gasteiger partial charge on any atom is -0.491 e. The van der Waals surface area contributed by atoms with Crippen LogP contribution in [-0.2, 0) is 4.79 Å². The fourth-order valence-corrected chi connectivity index (χ4v) is 6.15. The van der Waals surface area contributed by atoms with E-state index in [9.17, 15) is 19.2 Å². The number of carbonyl (C=O) groups is 2. The first-order valence-electron chi connectivity index (χ1n) is 11.3. The van der Waals surface area contributed by atoms with Gasteiger partial charge in [0.15, 0.2) is 5.75 Å². The van der Waals surface area contributed by atoms with Gasteiger partial charge in [-0.05, 0) is 30.5 Å². The Labute approximate surface area is 220 Å². The number of nitriles is 1. The van der Waals surface area contributed by atoms with Crippen LogP contribution in [0, 0.1) is 34.8 Å². The van der Waals surface area contributed by atoms with E-state index in [0.717, 1.165) is 23.5 Å². The summed E-state index contributed by atoms with van der Waals surface area (Å²) in [6.45, 7) is 2.57. The smallest absolute Gasteiger partial charge is 0.298 e. The van der Waals surface area contributed by atoms with Gasteiger partial charge < -0.3 is 20.3 Å². The summed E-state index contributed by atoms with van der Waals surface area (Å²) in [5.74, 6) is 2.90. The molecular formula is C26H19ClF2N4O3S. The SMILES string of the molecule is CC#CC(=O)N1CCN2C(=O)c3cc(F)c(-c4ccc(F)c5sc(N)c(C#N)c45)c(Cl)c3OCC[C@H]2C1. The van der Waals surface area contributed by atoms with Crippen molar-refractivity contribution in [1.29, 1.82) is 5.26 Å². The highest BCUT2D eigenvalue weighted by Gasteiger charge is 2.37. The quantitative estimate of drug-likeness (QED) is 0.461. The minimum absolute atomic E-state index is 0.0102. The maximum atomic E-state index is 15.7. The van der Waals surface area contributed by atoms with Crippen LogP contribution in [0.1, 0.15) is 29.3 Å². The second-order valence-electron chi connectivity index (χ2n) is 8.59. The Balaban J connectivity index is 1.60. The number of nitrogens with two attached hydrogens (primary N) is 1. The van der Waals surface area contributed by atoms with Gasteiger partial charge in [-0.1, -0.05) is 23.6 Å². The first-order chi connectivity index (χ1) is 17.8. The molecule has 11 heteroatoms. The molecule has 0 spiro atoms. The van der Waals surface area contributed by atoms with E-state index in [-0.39, 0.29) is 79.8 Å². The Morgan fingerprint density at radius 2 is 2.05 bits per heavy atom. The van der Waals surface area contributed by atoms with Crippen molar-refractivity contribution in [1.82, 2.24) is 9.80 Å². The number of rotatable bonds is 1. The third-order valence-electron chi connectivity index (χ3n) is 6.56. The van der Waals surface area contributed by atoms with Crippen LogP contribution in [0.2, 0.25) is 5.02 Å². The van der Waals surface area contributed by atoms with Crippen LogP contribution in [0.5, 0.6) is 5.75 Å². The van der Waals surface area contributed by atoms with Crippen molar-refractivity contribution in [2.45, 2.75) is 19.4 Å². The van der Waals surface area contributed by atoms with E-state index < -0.39 is 17.5 Å². The van der Waals surface area contributed by atoms with Gasteiger partial charge in [0.25, 0.3) is 11.8 Å². The van der Waals surface area contributed by atoms with E-state index in [1.807, 2.05) is 6.07 Å². The molecule has 1 fully saturated rings. The first kappa shape index (κ1) is 24.8. The van der Waals surface area contributed by atoms with Gasteiger partial charge in [0.2, 0.25) is 0 Å². The fourth-order valence-electron chi connectivity index (χ4n) is 4.85. The number of ether oxygens (including phenoxy) is 1. The van der Waals surface area contributed by atoms with E-state index in [0.29, 0.717) is 13.0 Å². The Hall–Kier alpha value is -3.86. The van der Waals surface area contributed by atoms with Gasteiger partial charge in [-0.3, -0.25) is 9.59 Å². The average Bonchev–Trinajstić information content (AvgIpc) is 3.22.